The highest BCUT2D eigenvalue weighted by atomic mass is 16.1. The molecule has 2 aliphatic heterocycles. The molecule has 2 bridgehead atoms. The zero-order valence-corrected chi connectivity index (χ0v) is 17.9. The Morgan fingerprint density at radius 3 is 2.84 bits per heavy atom. The summed E-state index contributed by atoms with van der Waals surface area (Å²) >= 11 is 0. The number of aromatic nitrogens is 5. The summed E-state index contributed by atoms with van der Waals surface area (Å²) in [6.07, 6.45) is 6.38. The van der Waals surface area contributed by atoms with Crippen molar-refractivity contribution < 1.29 is 0 Å². The third kappa shape index (κ3) is 3.93. The molecule has 0 radical (unpaired) electrons. The van der Waals surface area contributed by atoms with Gasteiger partial charge in [0.05, 0.1) is 12.5 Å². The maximum absolute atomic E-state index is 13.3. The Hall–Kier alpha value is -3.20. The zero-order valence-electron chi connectivity index (χ0n) is 17.9. The van der Waals surface area contributed by atoms with Gasteiger partial charge in [-0.3, -0.25) is 19.2 Å². The zero-order chi connectivity index (χ0) is 21.5. The number of pyridine rings is 1. The predicted octanol–water partition coefficient (Wildman–Crippen LogP) is 0.921. The van der Waals surface area contributed by atoms with Gasteiger partial charge in [0, 0.05) is 74.8 Å². The summed E-state index contributed by atoms with van der Waals surface area (Å²) in [6, 6.07) is 5.65. The largest absolute Gasteiger partial charge is 0.355 e. The number of aryl methyl sites for hydroxylation is 1. The molecule has 162 valence electrons. The smallest absolute Gasteiger partial charge is 0.255 e. The Morgan fingerprint density at radius 2 is 2.06 bits per heavy atom. The van der Waals surface area contributed by atoms with Crippen LogP contribution in [0.5, 0.6) is 0 Å². The number of hydrogen-bond donors (Lipinski definition) is 1. The highest BCUT2D eigenvalue weighted by Crippen LogP contribution is 2.36. The molecule has 0 unspecified atom stereocenters. The minimum absolute atomic E-state index is 0.118. The second-order valence-corrected chi connectivity index (χ2v) is 8.87. The first kappa shape index (κ1) is 19.7. The van der Waals surface area contributed by atoms with Crippen LogP contribution in [-0.2, 0) is 26.7 Å². The van der Waals surface area contributed by atoms with Gasteiger partial charge in [0.1, 0.15) is 5.82 Å². The normalized spacial score (nSPS) is 20.2. The molecule has 0 aromatic carbocycles. The van der Waals surface area contributed by atoms with E-state index in [4.69, 9.17) is 0 Å². The molecule has 5 heterocycles. The van der Waals surface area contributed by atoms with E-state index >= 15 is 0 Å². The molecule has 0 amide bonds. The molecule has 3 aromatic rings. The Morgan fingerprint density at radius 1 is 1.19 bits per heavy atom. The molecule has 0 spiro atoms. The first-order chi connectivity index (χ1) is 15.0. The predicted molar refractivity (Wildman–Crippen MR) is 117 cm³/mol. The summed E-state index contributed by atoms with van der Waals surface area (Å²) in [4.78, 5) is 36.2. The molecule has 1 fully saturated rings. The molecule has 2 aliphatic rings. The fourth-order valence-corrected chi connectivity index (χ4v) is 5.04. The number of fused-ring (bicyclic) bond motifs is 4. The van der Waals surface area contributed by atoms with Crippen LogP contribution < -0.4 is 16.0 Å². The molecule has 1 saturated heterocycles. The minimum atomic E-state index is -0.141. The standard InChI is InChI=1S/C22H27N7O2/c1-26(8-16-7-25-27(2)9-16)12-17-3-4-19-18-5-15(11-29(19)22(17)31)10-28(13-18)20-6-21(30)24-14-23-20/h3-4,6-7,9,14-15,18H,5,8,10-13H2,1-2H3,(H,23,24,30)/t15-,18+/m0/s1. The summed E-state index contributed by atoms with van der Waals surface area (Å²) in [7, 11) is 3.93. The summed E-state index contributed by atoms with van der Waals surface area (Å²) in [5.41, 5.74) is 3.02. The number of aromatic amines is 1. The van der Waals surface area contributed by atoms with E-state index in [-0.39, 0.29) is 17.0 Å². The quantitative estimate of drug-likeness (QED) is 0.659. The second kappa shape index (κ2) is 7.81. The van der Waals surface area contributed by atoms with Crippen molar-refractivity contribution in [2.24, 2.45) is 13.0 Å². The van der Waals surface area contributed by atoms with Crippen LogP contribution in [0.3, 0.4) is 0 Å². The van der Waals surface area contributed by atoms with Crippen LogP contribution in [0.4, 0.5) is 5.82 Å². The molecule has 3 aromatic heterocycles. The highest BCUT2D eigenvalue weighted by Gasteiger charge is 2.35. The molecule has 2 atom stereocenters. The van der Waals surface area contributed by atoms with Gasteiger partial charge in [-0.2, -0.15) is 5.10 Å². The maximum Gasteiger partial charge on any atom is 0.255 e. The van der Waals surface area contributed by atoms with E-state index in [0.717, 1.165) is 42.9 Å². The first-order valence-electron chi connectivity index (χ1n) is 10.6. The van der Waals surface area contributed by atoms with Crippen LogP contribution in [0.15, 0.2) is 46.5 Å². The average Bonchev–Trinajstić information content (AvgIpc) is 3.14. The summed E-state index contributed by atoms with van der Waals surface area (Å²) in [5, 5.41) is 4.21. The monoisotopic (exact) mass is 421 g/mol. The van der Waals surface area contributed by atoms with Crippen LogP contribution in [0.1, 0.15) is 29.2 Å². The van der Waals surface area contributed by atoms with Gasteiger partial charge < -0.3 is 14.5 Å². The van der Waals surface area contributed by atoms with E-state index < -0.39 is 0 Å². The Balaban J connectivity index is 1.35. The minimum Gasteiger partial charge on any atom is -0.355 e. The average molecular weight is 422 g/mol. The molecule has 0 aliphatic carbocycles. The Labute approximate surface area is 180 Å². The van der Waals surface area contributed by atoms with Crippen molar-refractivity contribution in [2.45, 2.75) is 32.0 Å². The summed E-state index contributed by atoms with van der Waals surface area (Å²) in [5.74, 6) is 1.35. The van der Waals surface area contributed by atoms with Crippen molar-refractivity contribution in [3.05, 3.63) is 74.4 Å². The SMILES string of the molecule is CN(Cc1cnn(C)c1)Cc1ccc2n(c1=O)C[C@H]1C[C@@H]2CN(c2cc(=O)[nH]cn2)C1. The lowest BCUT2D eigenvalue weighted by Gasteiger charge is -2.43. The van der Waals surface area contributed by atoms with Crippen molar-refractivity contribution in [3.8, 4) is 0 Å². The van der Waals surface area contributed by atoms with Gasteiger partial charge in [0.2, 0.25) is 0 Å². The number of H-pyrrole nitrogens is 1. The van der Waals surface area contributed by atoms with Crippen LogP contribution >= 0.6 is 0 Å². The summed E-state index contributed by atoms with van der Waals surface area (Å²) < 4.78 is 3.77. The van der Waals surface area contributed by atoms with Crippen molar-refractivity contribution in [1.82, 2.24) is 29.2 Å². The second-order valence-electron chi connectivity index (χ2n) is 8.87. The fraction of sp³-hybridized carbons (Fsp3) is 0.455. The molecule has 0 saturated carbocycles. The maximum atomic E-state index is 13.3. The lowest BCUT2D eigenvalue weighted by atomic mass is 9.83. The topological polar surface area (TPSA) is 92.0 Å². The van der Waals surface area contributed by atoms with Crippen LogP contribution in [0.25, 0.3) is 0 Å². The Bertz CT molecular complexity index is 1210. The van der Waals surface area contributed by atoms with Crippen molar-refractivity contribution in [2.75, 3.05) is 25.0 Å². The molecule has 9 nitrogen and oxygen atoms in total. The third-order valence-corrected chi connectivity index (χ3v) is 6.32. The van der Waals surface area contributed by atoms with Crippen LogP contribution in [-0.4, -0.2) is 49.4 Å². The van der Waals surface area contributed by atoms with E-state index in [1.165, 1.54) is 6.33 Å². The van der Waals surface area contributed by atoms with E-state index in [1.807, 2.05) is 37.1 Å². The molecule has 1 N–H and O–H groups in total. The van der Waals surface area contributed by atoms with Crippen LogP contribution in [0.2, 0.25) is 0 Å². The number of nitrogens with zero attached hydrogens (tertiary/aromatic N) is 6. The van der Waals surface area contributed by atoms with Gasteiger partial charge in [-0.05, 0) is 25.5 Å². The van der Waals surface area contributed by atoms with E-state index in [0.29, 0.717) is 24.8 Å². The molecule has 9 heteroatoms. The molecule has 5 rings (SSSR count). The van der Waals surface area contributed by atoms with Crippen molar-refractivity contribution >= 4 is 5.82 Å². The van der Waals surface area contributed by atoms with Gasteiger partial charge in [0.25, 0.3) is 11.1 Å². The third-order valence-electron chi connectivity index (χ3n) is 6.32. The van der Waals surface area contributed by atoms with Gasteiger partial charge >= 0.3 is 0 Å². The number of anilines is 1. The number of piperidine rings is 1. The van der Waals surface area contributed by atoms with E-state index in [9.17, 15) is 9.59 Å². The first-order valence-corrected chi connectivity index (χ1v) is 10.6. The highest BCUT2D eigenvalue weighted by molar-refractivity contribution is 5.39. The number of nitrogens with one attached hydrogen (secondary N) is 1. The molecular formula is C22H27N7O2. The van der Waals surface area contributed by atoms with Gasteiger partial charge in [-0.25, -0.2) is 4.98 Å². The molecule has 31 heavy (non-hydrogen) atoms. The molecular weight excluding hydrogens is 394 g/mol. The summed E-state index contributed by atoms with van der Waals surface area (Å²) in [6.45, 7) is 3.64. The lowest BCUT2D eigenvalue weighted by Crippen LogP contribution is -2.48. The van der Waals surface area contributed by atoms with Gasteiger partial charge in [-0.1, -0.05) is 6.07 Å². The van der Waals surface area contributed by atoms with Crippen molar-refractivity contribution in [1.29, 1.82) is 0 Å². The lowest BCUT2D eigenvalue weighted by molar-refractivity contribution is 0.276. The fourth-order valence-electron chi connectivity index (χ4n) is 5.04. The number of rotatable bonds is 5. The van der Waals surface area contributed by atoms with Crippen LogP contribution in [0, 0.1) is 5.92 Å². The van der Waals surface area contributed by atoms with Gasteiger partial charge in [0.15, 0.2) is 0 Å². The Kier molecular flexibility index (Phi) is 4.97. The van der Waals surface area contributed by atoms with E-state index in [1.54, 1.807) is 10.7 Å². The number of hydrogen-bond acceptors (Lipinski definition) is 6. The van der Waals surface area contributed by atoms with Gasteiger partial charge in [-0.15, -0.1) is 0 Å². The van der Waals surface area contributed by atoms with Crippen molar-refractivity contribution in [3.63, 3.8) is 0 Å². The van der Waals surface area contributed by atoms with E-state index in [2.05, 4.69) is 30.9 Å².